The smallest absolute Gasteiger partial charge is 0.292 e. The zero-order chi connectivity index (χ0) is 11.7. The second-order valence-corrected chi connectivity index (χ2v) is 4.72. The molecule has 0 atom stereocenters. The molecule has 0 saturated heterocycles. The number of hydrogen-bond acceptors (Lipinski definition) is 1. The summed E-state index contributed by atoms with van der Waals surface area (Å²) in [6.45, 7) is 0.541. The third kappa shape index (κ3) is 1.98. The van der Waals surface area contributed by atoms with Crippen molar-refractivity contribution in [3.05, 3.63) is 58.6 Å². The molecule has 0 N–H and O–H groups in total. The molecule has 3 rings (SSSR count). The molecule has 3 heteroatoms. The maximum Gasteiger partial charge on any atom is 0.292 e. The Morgan fingerprint density at radius 3 is 2.65 bits per heavy atom. The molecule has 2 aromatic rings. The number of ether oxygens (including phenoxy) is 1. The summed E-state index contributed by atoms with van der Waals surface area (Å²) in [5.74, 6) is 0.916. The van der Waals surface area contributed by atoms with Crippen LogP contribution in [0.3, 0.4) is 0 Å². The van der Waals surface area contributed by atoms with Crippen molar-refractivity contribution in [3.63, 3.8) is 0 Å². The van der Waals surface area contributed by atoms with Crippen LogP contribution in [-0.2, 0) is 0 Å². The van der Waals surface area contributed by atoms with Gasteiger partial charge in [0.25, 0.3) is 6.73 Å². The number of hydrogen-bond donors (Lipinski definition) is 0. The Kier molecular flexibility index (Phi) is 2.69. The molecule has 0 bridgehead atoms. The largest absolute Gasteiger partial charge is 0.434 e. The van der Waals surface area contributed by atoms with Crippen LogP contribution in [0.1, 0.15) is 5.56 Å². The molecule has 0 fully saturated rings. The number of halogens is 1. The van der Waals surface area contributed by atoms with Crippen LogP contribution in [0.25, 0.3) is 0 Å². The molecule has 0 radical (unpaired) electrons. The first-order valence-electron chi connectivity index (χ1n) is 5.42. The zero-order valence-electron chi connectivity index (χ0n) is 9.14. The van der Waals surface area contributed by atoms with Gasteiger partial charge in [-0.2, -0.15) is 4.58 Å². The van der Waals surface area contributed by atoms with Gasteiger partial charge in [-0.15, -0.1) is 0 Å². The Bertz CT molecular complexity index is 578. The van der Waals surface area contributed by atoms with Crippen LogP contribution < -0.4 is 4.74 Å². The summed E-state index contributed by atoms with van der Waals surface area (Å²) >= 11 is 3.49. The van der Waals surface area contributed by atoms with Crippen molar-refractivity contribution >= 4 is 27.8 Å². The van der Waals surface area contributed by atoms with Crippen molar-refractivity contribution < 1.29 is 9.31 Å². The van der Waals surface area contributed by atoms with Gasteiger partial charge in [0.05, 0.1) is 10.0 Å². The number of rotatable bonds is 1. The van der Waals surface area contributed by atoms with E-state index < -0.39 is 0 Å². The summed E-state index contributed by atoms with van der Waals surface area (Å²) in [4.78, 5) is 0. The molecule has 2 aromatic carbocycles. The van der Waals surface area contributed by atoms with E-state index in [2.05, 4.69) is 44.9 Å². The maximum atomic E-state index is 5.77. The van der Waals surface area contributed by atoms with Crippen LogP contribution in [-0.4, -0.2) is 17.5 Å². The van der Waals surface area contributed by atoms with Crippen molar-refractivity contribution in [2.45, 2.75) is 0 Å². The molecule has 0 amide bonds. The van der Waals surface area contributed by atoms with Gasteiger partial charge >= 0.3 is 0 Å². The van der Waals surface area contributed by atoms with Crippen molar-refractivity contribution in [1.82, 2.24) is 0 Å². The third-order valence-corrected chi connectivity index (χ3v) is 3.35. The lowest BCUT2D eigenvalue weighted by molar-refractivity contribution is -0.476. The van der Waals surface area contributed by atoms with Crippen molar-refractivity contribution in [3.8, 4) is 5.75 Å². The number of para-hydroxylation sites is 2. The van der Waals surface area contributed by atoms with E-state index >= 15 is 0 Å². The minimum Gasteiger partial charge on any atom is -0.434 e. The second kappa shape index (κ2) is 4.34. The summed E-state index contributed by atoms with van der Waals surface area (Å²) in [7, 11) is 0. The van der Waals surface area contributed by atoms with Crippen molar-refractivity contribution in [1.29, 1.82) is 0 Å². The predicted molar refractivity (Wildman–Crippen MR) is 71.2 cm³/mol. The topological polar surface area (TPSA) is 12.2 Å². The van der Waals surface area contributed by atoms with Gasteiger partial charge in [-0.05, 0) is 28.1 Å². The average Bonchev–Trinajstić information content (AvgIpc) is 2.40. The van der Waals surface area contributed by atoms with E-state index in [-0.39, 0.29) is 0 Å². The Balaban J connectivity index is 2.07. The number of nitrogens with zero attached hydrogens (tertiary/aromatic N) is 1. The van der Waals surface area contributed by atoms with Crippen LogP contribution in [0.5, 0.6) is 5.75 Å². The number of benzene rings is 2. The molecule has 0 aromatic heterocycles. The van der Waals surface area contributed by atoms with Crippen LogP contribution in [0.2, 0.25) is 0 Å². The summed E-state index contributed by atoms with van der Waals surface area (Å²) in [6.07, 6.45) is 2.11. The number of fused-ring (bicyclic) bond motifs is 1. The van der Waals surface area contributed by atoms with Crippen LogP contribution in [0.15, 0.2) is 53.0 Å². The van der Waals surface area contributed by atoms with Gasteiger partial charge in [-0.3, -0.25) is 0 Å². The molecule has 0 unspecified atom stereocenters. The summed E-state index contributed by atoms with van der Waals surface area (Å²) in [5, 5.41) is 0. The van der Waals surface area contributed by atoms with Crippen LogP contribution >= 0.6 is 15.9 Å². The quantitative estimate of drug-likeness (QED) is 0.731. The first-order valence-corrected chi connectivity index (χ1v) is 6.22. The lowest BCUT2D eigenvalue weighted by Gasteiger charge is -2.14. The molecular weight excluding hydrogens is 278 g/mol. The van der Waals surface area contributed by atoms with E-state index in [1.54, 1.807) is 0 Å². The maximum absolute atomic E-state index is 5.77. The van der Waals surface area contributed by atoms with E-state index in [1.165, 1.54) is 0 Å². The lowest BCUT2D eigenvalue weighted by atomic mass is 10.2. The summed E-state index contributed by atoms with van der Waals surface area (Å²) < 4.78 is 8.86. The first kappa shape index (κ1) is 10.5. The van der Waals surface area contributed by atoms with Gasteiger partial charge in [0.1, 0.15) is 0 Å². The van der Waals surface area contributed by atoms with E-state index in [0.29, 0.717) is 6.73 Å². The second-order valence-electron chi connectivity index (χ2n) is 3.87. The Morgan fingerprint density at radius 1 is 1.00 bits per heavy atom. The van der Waals surface area contributed by atoms with Gasteiger partial charge in [-0.25, -0.2) is 0 Å². The molecule has 17 heavy (non-hydrogen) atoms. The van der Waals surface area contributed by atoms with Crippen molar-refractivity contribution in [2.24, 2.45) is 0 Å². The minimum atomic E-state index is 0.541. The van der Waals surface area contributed by atoms with E-state index in [9.17, 15) is 0 Å². The first-order chi connectivity index (χ1) is 8.34. The third-order valence-electron chi connectivity index (χ3n) is 2.73. The zero-order valence-corrected chi connectivity index (χ0v) is 10.7. The summed E-state index contributed by atoms with van der Waals surface area (Å²) in [5.41, 5.74) is 2.23. The SMILES string of the molecule is Brc1cccc2c1OC[N+](c1ccccc1)=C2. The standard InChI is InChI=1S/C14H11BrNO/c15-13-8-4-5-11-9-16(10-17-14(11)13)12-6-2-1-3-7-12/h1-9H,10H2/q+1. The lowest BCUT2D eigenvalue weighted by Crippen LogP contribution is -2.20. The van der Waals surface area contributed by atoms with Gasteiger partial charge in [0, 0.05) is 12.1 Å². The fraction of sp³-hybridized carbons (Fsp3) is 0.0714. The molecule has 1 heterocycles. The highest BCUT2D eigenvalue weighted by Gasteiger charge is 2.19. The van der Waals surface area contributed by atoms with Crippen molar-refractivity contribution in [2.75, 3.05) is 6.73 Å². The molecule has 1 aliphatic heterocycles. The highest BCUT2D eigenvalue weighted by atomic mass is 79.9. The fourth-order valence-corrected chi connectivity index (χ4v) is 2.38. The van der Waals surface area contributed by atoms with E-state index in [0.717, 1.165) is 21.5 Å². The molecule has 0 saturated carbocycles. The van der Waals surface area contributed by atoms with Gasteiger partial charge < -0.3 is 4.74 Å². The predicted octanol–water partition coefficient (Wildman–Crippen LogP) is 3.56. The Morgan fingerprint density at radius 2 is 1.82 bits per heavy atom. The monoisotopic (exact) mass is 288 g/mol. The normalized spacial score (nSPS) is 13.6. The van der Waals surface area contributed by atoms with Crippen LogP contribution in [0.4, 0.5) is 5.69 Å². The van der Waals surface area contributed by atoms with Gasteiger partial charge in [0.15, 0.2) is 12.0 Å². The molecule has 84 valence electrons. The molecule has 0 aliphatic carbocycles. The molecule has 2 nitrogen and oxygen atoms in total. The highest BCUT2D eigenvalue weighted by Crippen LogP contribution is 2.30. The molecule has 0 spiro atoms. The molecule has 1 aliphatic rings. The van der Waals surface area contributed by atoms with Gasteiger partial charge in [-0.1, -0.05) is 24.3 Å². The summed E-state index contributed by atoms with van der Waals surface area (Å²) in [6, 6.07) is 16.3. The van der Waals surface area contributed by atoms with E-state index in [4.69, 9.17) is 4.74 Å². The Labute approximate surface area is 108 Å². The Hall–Kier alpha value is -1.61. The fourth-order valence-electron chi connectivity index (χ4n) is 1.89. The average molecular weight is 289 g/mol. The van der Waals surface area contributed by atoms with Gasteiger partial charge in [0.2, 0.25) is 5.69 Å². The van der Waals surface area contributed by atoms with E-state index in [1.807, 2.05) is 30.3 Å². The minimum absolute atomic E-state index is 0.541. The molecular formula is C14H11BrNO+. The van der Waals surface area contributed by atoms with Crippen LogP contribution in [0, 0.1) is 0 Å². The highest BCUT2D eigenvalue weighted by molar-refractivity contribution is 9.10.